The zero-order chi connectivity index (χ0) is 12.6. The summed E-state index contributed by atoms with van der Waals surface area (Å²) < 4.78 is 36.2. The molecule has 0 bridgehead atoms. The van der Waals surface area contributed by atoms with Gasteiger partial charge >= 0.3 is 6.18 Å². The molecule has 0 aromatic heterocycles. The van der Waals surface area contributed by atoms with E-state index < -0.39 is 16.0 Å². The van der Waals surface area contributed by atoms with Crippen LogP contribution in [0.5, 0.6) is 0 Å². The summed E-state index contributed by atoms with van der Waals surface area (Å²) in [4.78, 5) is 11.5. The van der Waals surface area contributed by atoms with Crippen molar-refractivity contribution >= 4 is 28.4 Å². The number of hydrogen-bond acceptors (Lipinski definition) is 1. The van der Waals surface area contributed by atoms with Crippen LogP contribution in [-0.4, -0.2) is 15.4 Å². The molecule has 0 aromatic rings. The molecule has 0 amide bonds. The Hall–Kier alpha value is -0.0700. The van der Waals surface area contributed by atoms with Crippen molar-refractivity contribution in [1.82, 2.24) is 0 Å². The predicted molar refractivity (Wildman–Crippen MR) is 64.6 cm³/mol. The summed E-state index contributed by atoms with van der Waals surface area (Å²) in [7, 11) is 0. The number of hydrogen-bond donors (Lipinski definition) is 0. The van der Waals surface area contributed by atoms with Gasteiger partial charge in [0.25, 0.3) is 0 Å². The van der Waals surface area contributed by atoms with E-state index in [1.165, 1.54) is 0 Å². The molecule has 0 fully saturated rings. The molecule has 0 heterocycles. The summed E-state index contributed by atoms with van der Waals surface area (Å²) in [5.74, 6) is -0.243. The molecule has 0 spiro atoms. The van der Waals surface area contributed by atoms with Gasteiger partial charge in [-0.3, -0.25) is 4.79 Å². The van der Waals surface area contributed by atoms with Crippen LogP contribution < -0.4 is 0 Å². The zero-order valence-corrected chi connectivity index (χ0v) is 11.4. The van der Waals surface area contributed by atoms with Crippen molar-refractivity contribution in [2.45, 2.75) is 42.7 Å². The van der Waals surface area contributed by atoms with Crippen molar-refractivity contribution in [3.8, 4) is 0 Å². The zero-order valence-electron chi connectivity index (χ0n) is 9.20. The summed E-state index contributed by atoms with van der Waals surface area (Å²) in [5, 5.41) is 0. The molecule has 5 heteroatoms. The smallest absolute Gasteiger partial charge is 0.295 e. The standard InChI is InChI=1S/C11H14F3IO/c1-7-3-4-8(5-9(7)16)10(2,15)6-11(12,13)14/h3,8H,4-6H2,1-2H3/t8-,10?/m0/s1. The van der Waals surface area contributed by atoms with Crippen molar-refractivity contribution < 1.29 is 18.0 Å². The van der Waals surface area contributed by atoms with Crippen LogP contribution in [0.15, 0.2) is 11.6 Å². The first-order chi connectivity index (χ1) is 7.12. The third-order valence-electron chi connectivity index (χ3n) is 2.98. The fraction of sp³-hybridized carbons (Fsp3) is 0.727. The van der Waals surface area contributed by atoms with Gasteiger partial charge in [-0.2, -0.15) is 13.2 Å². The van der Waals surface area contributed by atoms with Gasteiger partial charge in [0.1, 0.15) is 0 Å². The highest BCUT2D eigenvalue weighted by atomic mass is 127. The summed E-state index contributed by atoms with van der Waals surface area (Å²) in [6, 6.07) is 0. The first-order valence-electron chi connectivity index (χ1n) is 5.07. The monoisotopic (exact) mass is 346 g/mol. The summed E-state index contributed by atoms with van der Waals surface area (Å²) >= 11 is 1.84. The average Bonchev–Trinajstić information content (AvgIpc) is 2.05. The molecule has 0 N–H and O–H groups in total. The number of alkyl halides is 4. The second-order valence-corrected chi connectivity index (χ2v) is 6.98. The molecule has 16 heavy (non-hydrogen) atoms. The van der Waals surface area contributed by atoms with Crippen LogP contribution in [0, 0.1) is 5.92 Å². The van der Waals surface area contributed by atoms with Gasteiger partial charge in [0, 0.05) is 9.84 Å². The average molecular weight is 346 g/mol. The predicted octanol–water partition coefficient (Wildman–Crippen LogP) is 4.06. The molecule has 0 aliphatic heterocycles. The molecule has 1 unspecified atom stereocenters. The second-order valence-electron chi connectivity index (χ2n) is 4.52. The second kappa shape index (κ2) is 4.66. The lowest BCUT2D eigenvalue weighted by atomic mass is 9.79. The third kappa shape index (κ3) is 3.75. The topological polar surface area (TPSA) is 17.1 Å². The van der Waals surface area contributed by atoms with Crippen LogP contribution in [-0.2, 0) is 4.79 Å². The molecule has 92 valence electrons. The van der Waals surface area contributed by atoms with E-state index in [1.807, 2.05) is 22.6 Å². The first-order valence-corrected chi connectivity index (χ1v) is 6.15. The molecular formula is C11H14F3IO. The van der Waals surface area contributed by atoms with E-state index >= 15 is 0 Å². The first kappa shape index (κ1) is 14.0. The molecule has 1 aliphatic carbocycles. The molecule has 0 saturated carbocycles. The van der Waals surface area contributed by atoms with E-state index in [4.69, 9.17) is 0 Å². The number of ketones is 1. The van der Waals surface area contributed by atoms with Gasteiger partial charge in [0.05, 0.1) is 6.42 Å². The van der Waals surface area contributed by atoms with Crippen molar-refractivity contribution in [3.63, 3.8) is 0 Å². The Kier molecular flexibility index (Phi) is 4.08. The van der Waals surface area contributed by atoms with Crippen molar-refractivity contribution in [3.05, 3.63) is 11.6 Å². The van der Waals surface area contributed by atoms with E-state index in [2.05, 4.69) is 0 Å². The van der Waals surface area contributed by atoms with E-state index in [1.54, 1.807) is 19.9 Å². The van der Waals surface area contributed by atoms with Gasteiger partial charge in [-0.1, -0.05) is 28.7 Å². The lowest BCUT2D eigenvalue weighted by Gasteiger charge is -2.34. The highest BCUT2D eigenvalue weighted by molar-refractivity contribution is 14.1. The van der Waals surface area contributed by atoms with Gasteiger partial charge in [0.15, 0.2) is 5.78 Å². The maximum Gasteiger partial charge on any atom is 0.390 e. The van der Waals surface area contributed by atoms with Crippen molar-refractivity contribution in [2.75, 3.05) is 0 Å². The van der Waals surface area contributed by atoms with Crippen LogP contribution in [0.1, 0.15) is 33.1 Å². The van der Waals surface area contributed by atoms with E-state index in [0.717, 1.165) is 0 Å². The minimum absolute atomic E-state index is 0.0266. The highest BCUT2D eigenvalue weighted by Gasteiger charge is 2.43. The Morgan fingerprint density at radius 1 is 1.50 bits per heavy atom. The molecule has 2 atom stereocenters. The van der Waals surface area contributed by atoms with Crippen LogP contribution in [0.4, 0.5) is 13.2 Å². The van der Waals surface area contributed by atoms with E-state index in [0.29, 0.717) is 12.0 Å². The molecule has 0 radical (unpaired) electrons. The van der Waals surface area contributed by atoms with Gasteiger partial charge in [-0.25, -0.2) is 0 Å². The minimum atomic E-state index is -4.17. The lowest BCUT2D eigenvalue weighted by Crippen LogP contribution is -2.36. The van der Waals surface area contributed by atoms with Crippen LogP contribution in [0.2, 0.25) is 0 Å². The van der Waals surface area contributed by atoms with Crippen LogP contribution in [0.3, 0.4) is 0 Å². The number of Topliss-reactive ketones (excluding diaryl/α,β-unsaturated/α-hetero) is 1. The molecule has 1 nitrogen and oxygen atoms in total. The van der Waals surface area contributed by atoms with E-state index in [-0.39, 0.29) is 18.1 Å². The Morgan fingerprint density at radius 3 is 2.50 bits per heavy atom. The van der Waals surface area contributed by atoms with Crippen molar-refractivity contribution in [2.24, 2.45) is 5.92 Å². The number of halogens is 4. The molecule has 1 aliphatic rings. The number of carbonyl (C=O) groups excluding carboxylic acids is 1. The van der Waals surface area contributed by atoms with Gasteiger partial charge in [-0.05, 0) is 31.8 Å². The molecular weight excluding hydrogens is 332 g/mol. The molecule has 0 saturated heterocycles. The molecule has 0 aromatic carbocycles. The Labute approximate surface area is 107 Å². The summed E-state index contributed by atoms with van der Waals surface area (Å²) in [5.41, 5.74) is 0.676. The number of rotatable bonds is 2. The number of carbonyl (C=O) groups is 1. The van der Waals surface area contributed by atoms with Crippen molar-refractivity contribution in [1.29, 1.82) is 0 Å². The fourth-order valence-corrected chi connectivity index (χ4v) is 2.80. The third-order valence-corrected chi connectivity index (χ3v) is 4.24. The molecule has 1 rings (SSSR count). The quantitative estimate of drug-likeness (QED) is 0.545. The van der Waals surface area contributed by atoms with E-state index in [9.17, 15) is 18.0 Å². The summed E-state index contributed by atoms with van der Waals surface area (Å²) in [6.45, 7) is 3.29. The fourth-order valence-electron chi connectivity index (χ4n) is 1.90. The Morgan fingerprint density at radius 2 is 2.06 bits per heavy atom. The Bertz CT molecular complexity index is 318. The maximum atomic E-state index is 12.4. The summed E-state index contributed by atoms with van der Waals surface area (Å²) in [6.07, 6.45) is -2.46. The SMILES string of the molecule is CC1=CC[C@H](C(C)(I)CC(F)(F)F)CC1=O. The van der Waals surface area contributed by atoms with Gasteiger partial charge in [0.2, 0.25) is 0 Å². The van der Waals surface area contributed by atoms with Gasteiger partial charge < -0.3 is 0 Å². The minimum Gasteiger partial charge on any atom is -0.295 e. The normalized spacial score (nSPS) is 26.2. The van der Waals surface area contributed by atoms with Crippen LogP contribution >= 0.6 is 22.6 Å². The lowest BCUT2D eigenvalue weighted by molar-refractivity contribution is -0.142. The number of allylic oxidation sites excluding steroid dienone is 2. The van der Waals surface area contributed by atoms with Crippen LogP contribution in [0.25, 0.3) is 0 Å². The largest absolute Gasteiger partial charge is 0.390 e. The Balaban J connectivity index is 2.75. The van der Waals surface area contributed by atoms with Gasteiger partial charge in [-0.15, -0.1) is 0 Å². The highest BCUT2D eigenvalue weighted by Crippen LogP contribution is 2.43. The maximum absolute atomic E-state index is 12.4.